The van der Waals surface area contributed by atoms with Gasteiger partial charge in [-0.05, 0) is 12.8 Å². The van der Waals surface area contributed by atoms with E-state index in [1.165, 1.54) is 289 Å². The molecular formula is C59H119NO4. The second-order valence-corrected chi connectivity index (χ2v) is 20.9. The molecule has 0 aromatic heterocycles. The minimum atomic E-state index is -1.13. The summed E-state index contributed by atoms with van der Waals surface area (Å²) < 4.78 is 0. The Balaban J connectivity index is 3.47. The number of aliphatic hydroxyl groups is 3. The zero-order chi connectivity index (χ0) is 46.5. The lowest BCUT2D eigenvalue weighted by Crippen LogP contribution is -2.50. The Kier molecular flexibility index (Phi) is 54.4. The molecule has 384 valence electrons. The zero-order valence-corrected chi connectivity index (χ0v) is 44.0. The summed E-state index contributed by atoms with van der Waals surface area (Å²) in [5.74, 6) is -0.135. The first-order chi connectivity index (χ1) is 31.6. The predicted octanol–water partition coefficient (Wildman–Crippen LogP) is 18.5. The lowest BCUT2D eigenvalue weighted by Gasteiger charge is -2.26. The van der Waals surface area contributed by atoms with Crippen LogP contribution in [0, 0.1) is 0 Å². The molecule has 5 heteroatoms. The molecule has 0 aliphatic heterocycles. The largest absolute Gasteiger partial charge is 0.394 e. The molecule has 0 bridgehead atoms. The molecule has 0 spiro atoms. The van der Waals surface area contributed by atoms with Crippen molar-refractivity contribution in [2.75, 3.05) is 6.61 Å². The molecule has 0 saturated carbocycles. The van der Waals surface area contributed by atoms with E-state index in [9.17, 15) is 20.1 Å². The van der Waals surface area contributed by atoms with Crippen molar-refractivity contribution in [1.29, 1.82) is 0 Å². The summed E-state index contributed by atoms with van der Waals surface area (Å²) in [6.07, 6.45) is 67.0. The summed E-state index contributed by atoms with van der Waals surface area (Å²) in [5, 5.41) is 33.8. The van der Waals surface area contributed by atoms with Gasteiger partial charge in [0.25, 0.3) is 0 Å². The van der Waals surface area contributed by atoms with Crippen LogP contribution in [0.5, 0.6) is 0 Å². The lowest BCUT2D eigenvalue weighted by atomic mass is 9.99. The average Bonchev–Trinajstić information content (AvgIpc) is 3.30. The number of hydrogen-bond donors (Lipinski definition) is 4. The first-order valence-electron chi connectivity index (χ1n) is 29.8. The topological polar surface area (TPSA) is 89.8 Å². The monoisotopic (exact) mass is 906 g/mol. The molecule has 0 radical (unpaired) electrons. The number of rotatable bonds is 56. The van der Waals surface area contributed by atoms with Crippen LogP contribution in [0.1, 0.15) is 348 Å². The van der Waals surface area contributed by atoms with Gasteiger partial charge in [0.2, 0.25) is 5.91 Å². The van der Waals surface area contributed by atoms with E-state index in [0.717, 1.165) is 32.1 Å². The number of nitrogens with one attached hydrogen (secondary N) is 1. The van der Waals surface area contributed by atoms with Gasteiger partial charge in [-0.1, -0.05) is 328 Å². The maximum Gasteiger partial charge on any atom is 0.220 e. The minimum Gasteiger partial charge on any atom is -0.394 e. The van der Waals surface area contributed by atoms with Crippen LogP contribution in [0.4, 0.5) is 0 Å². The van der Waals surface area contributed by atoms with Crippen LogP contribution in [0.3, 0.4) is 0 Å². The van der Waals surface area contributed by atoms with Gasteiger partial charge in [-0.3, -0.25) is 4.79 Å². The molecule has 0 aromatic rings. The predicted molar refractivity (Wildman–Crippen MR) is 282 cm³/mol. The van der Waals surface area contributed by atoms with Gasteiger partial charge in [0, 0.05) is 6.42 Å². The van der Waals surface area contributed by atoms with Crippen molar-refractivity contribution in [2.45, 2.75) is 366 Å². The molecule has 5 nitrogen and oxygen atoms in total. The highest BCUT2D eigenvalue weighted by Crippen LogP contribution is 2.19. The first-order valence-corrected chi connectivity index (χ1v) is 29.8. The Morgan fingerprint density at radius 2 is 0.531 bits per heavy atom. The minimum absolute atomic E-state index is 0.135. The molecule has 1 amide bonds. The van der Waals surface area contributed by atoms with Crippen LogP contribution in [-0.4, -0.2) is 46.1 Å². The number of unbranched alkanes of at least 4 members (excludes halogenated alkanes) is 48. The van der Waals surface area contributed by atoms with Crippen LogP contribution in [0.15, 0.2) is 0 Å². The second kappa shape index (κ2) is 55.0. The number of carbonyl (C=O) groups excluding carboxylic acids is 1. The molecule has 3 atom stereocenters. The SMILES string of the molecule is CCCCCCCCCCCCCCCCCCCCCCCCCCCCCCC(=O)NC(CO)C(O)C(O)CCCCCCCCCCCCCCCCCCCCCCCC. The van der Waals surface area contributed by atoms with Crippen molar-refractivity contribution in [1.82, 2.24) is 5.32 Å². The van der Waals surface area contributed by atoms with E-state index < -0.39 is 18.2 Å². The van der Waals surface area contributed by atoms with Gasteiger partial charge < -0.3 is 20.6 Å². The van der Waals surface area contributed by atoms with E-state index in [4.69, 9.17) is 0 Å². The zero-order valence-electron chi connectivity index (χ0n) is 44.0. The molecule has 64 heavy (non-hydrogen) atoms. The molecule has 3 unspecified atom stereocenters. The molecule has 0 aliphatic carbocycles. The van der Waals surface area contributed by atoms with Gasteiger partial charge in [0.1, 0.15) is 6.10 Å². The maximum atomic E-state index is 12.5. The smallest absolute Gasteiger partial charge is 0.220 e. The fourth-order valence-electron chi connectivity index (χ4n) is 9.87. The molecule has 0 saturated heterocycles. The van der Waals surface area contributed by atoms with E-state index in [-0.39, 0.29) is 12.5 Å². The molecule has 0 fully saturated rings. The van der Waals surface area contributed by atoms with Crippen LogP contribution in [-0.2, 0) is 4.79 Å². The highest BCUT2D eigenvalue weighted by atomic mass is 16.3. The first kappa shape index (κ1) is 63.4. The highest BCUT2D eigenvalue weighted by Gasteiger charge is 2.26. The van der Waals surface area contributed by atoms with Crippen molar-refractivity contribution < 1.29 is 20.1 Å². The van der Waals surface area contributed by atoms with E-state index in [0.29, 0.717) is 12.8 Å². The summed E-state index contributed by atoms with van der Waals surface area (Å²) in [7, 11) is 0. The number of carbonyl (C=O) groups is 1. The van der Waals surface area contributed by atoms with Crippen molar-refractivity contribution in [3.05, 3.63) is 0 Å². The van der Waals surface area contributed by atoms with Crippen LogP contribution < -0.4 is 5.32 Å². The van der Waals surface area contributed by atoms with E-state index in [1.54, 1.807) is 0 Å². The van der Waals surface area contributed by atoms with Gasteiger partial charge in [0.15, 0.2) is 0 Å². The van der Waals surface area contributed by atoms with E-state index in [1.807, 2.05) is 0 Å². The number of amides is 1. The highest BCUT2D eigenvalue weighted by molar-refractivity contribution is 5.76. The fourth-order valence-corrected chi connectivity index (χ4v) is 9.87. The van der Waals surface area contributed by atoms with Crippen LogP contribution >= 0.6 is 0 Å². The molecule has 0 aromatic carbocycles. The Morgan fingerprint density at radius 1 is 0.328 bits per heavy atom. The number of aliphatic hydroxyl groups excluding tert-OH is 3. The Morgan fingerprint density at radius 3 is 0.750 bits per heavy atom. The summed E-state index contributed by atoms with van der Waals surface area (Å²) in [5.41, 5.74) is 0. The average molecular weight is 907 g/mol. The molecular weight excluding hydrogens is 787 g/mol. The normalized spacial score (nSPS) is 13.1. The fraction of sp³-hybridized carbons (Fsp3) is 0.983. The molecule has 0 heterocycles. The summed E-state index contributed by atoms with van der Waals surface area (Å²) in [6.45, 7) is 4.23. The molecule has 0 aliphatic rings. The third kappa shape index (κ3) is 49.3. The summed E-state index contributed by atoms with van der Waals surface area (Å²) in [4.78, 5) is 12.5. The third-order valence-corrected chi connectivity index (χ3v) is 14.5. The van der Waals surface area contributed by atoms with Gasteiger partial charge in [-0.25, -0.2) is 0 Å². The summed E-state index contributed by atoms with van der Waals surface area (Å²) in [6, 6.07) is -0.805. The van der Waals surface area contributed by atoms with Gasteiger partial charge in [-0.2, -0.15) is 0 Å². The van der Waals surface area contributed by atoms with E-state index >= 15 is 0 Å². The molecule has 4 N–H and O–H groups in total. The van der Waals surface area contributed by atoms with Gasteiger partial charge in [-0.15, -0.1) is 0 Å². The Labute approximate surface area is 402 Å². The summed E-state index contributed by atoms with van der Waals surface area (Å²) >= 11 is 0. The maximum absolute atomic E-state index is 12.5. The van der Waals surface area contributed by atoms with Crippen LogP contribution in [0.25, 0.3) is 0 Å². The van der Waals surface area contributed by atoms with Crippen molar-refractivity contribution in [3.63, 3.8) is 0 Å². The number of hydrogen-bond acceptors (Lipinski definition) is 4. The third-order valence-electron chi connectivity index (χ3n) is 14.5. The van der Waals surface area contributed by atoms with Crippen molar-refractivity contribution >= 4 is 5.91 Å². The standard InChI is InChI=1S/C59H119NO4/c1-3-5-7-9-11-13-15-17-19-21-23-25-27-28-29-30-31-32-34-36-38-40-42-44-46-48-50-52-54-58(63)60-56(55-61)59(64)57(62)53-51-49-47-45-43-41-39-37-35-33-26-24-22-20-18-16-14-12-10-8-6-4-2/h56-57,59,61-62,64H,3-55H2,1-2H3,(H,60,63). The molecule has 0 rings (SSSR count). The van der Waals surface area contributed by atoms with Crippen molar-refractivity contribution in [2.24, 2.45) is 0 Å². The van der Waals surface area contributed by atoms with Crippen LogP contribution in [0.2, 0.25) is 0 Å². The van der Waals surface area contributed by atoms with Crippen molar-refractivity contribution in [3.8, 4) is 0 Å². The van der Waals surface area contributed by atoms with Gasteiger partial charge >= 0.3 is 0 Å². The van der Waals surface area contributed by atoms with E-state index in [2.05, 4.69) is 19.2 Å². The Hall–Kier alpha value is -0.650. The van der Waals surface area contributed by atoms with Gasteiger partial charge in [0.05, 0.1) is 18.8 Å². The lowest BCUT2D eigenvalue weighted by molar-refractivity contribution is -0.124. The quantitative estimate of drug-likeness (QED) is 0.0458. The Bertz CT molecular complexity index is 868. The second-order valence-electron chi connectivity index (χ2n) is 20.9.